The number of thiocarbonyl (C=S) groups is 1. The first-order valence-corrected chi connectivity index (χ1v) is 4.93. The molecule has 72 valence electrons. The molecule has 2 N–H and O–H groups in total. The zero-order chi connectivity index (χ0) is 9.40. The largest absolute Gasteiger partial charge is 0.502 e. The molecule has 0 aromatic rings. The van der Waals surface area contributed by atoms with Gasteiger partial charge in [-0.05, 0) is 32.0 Å². The van der Waals surface area contributed by atoms with Gasteiger partial charge in [-0.15, -0.1) is 0 Å². The third-order valence-electron chi connectivity index (χ3n) is 1.76. The van der Waals surface area contributed by atoms with Crippen molar-refractivity contribution >= 4 is 17.3 Å². The molecular weight excluding hydrogens is 172 g/mol. The van der Waals surface area contributed by atoms with Crippen LogP contribution >= 0.6 is 12.2 Å². The highest BCUT2D eigenvalue weighted by Crippen LogP contribution is 2.07. The second-order valence-corrected chi connectivity index (χ2v) is 3.67. The minimum atomic E-state index is -0.177. The summed E-state index contributed by atoms with van der Waals surface area (Å²) in [6.07, 6.45) is 5.59. The summed E-state index contributed by atoms with van der Waals surface area (Å²) in [6.45, 7) is 1.81. The van der Waals surface area contributed by atoms with Gasteiger partial charge in [0.05, 0.1) is 6.10 Å². The molecule has 0 aromatic heterocycles. The molecule has 0 fully saturated rings. The molecular formula is C9H18O2S. The number of unbranched alkanes of at least 4 members (excludes halogenated alkanes) is 3. The van der Waals surface area contributed by atoms with Crippen molar-refractivity contribution < 1.29 is 10.2 Å². The van der Waals surface area contributed by atoms with Gasteiger partial charge in [-0.3, -0.25) is 0 Å². The van der Waals surface area contributed by atoms with Crippen LogP contribution in [0, 0.1) is 0 Å². The Balaban J connectivity index is 2.96. The fraction of sp³-hybridized carbons (Fsp3) is 0.889. The highest BCUT2D eigenvalue weighted by Gasteiger charge is 1.96. The maximum absolute atomic E-state index is 8.94. The summed E-state index contributed by atoms with van der Waals surface area (Å²) in [5, 5.41) is 17.7. The van der Waals surface area contributed by atoms with E-state index in [4.69, 9.17) is 10.2 Å². The van der Waals surface area contributed by atoms with Gasteiger partial charge in [-0.2, -0.15) is 0 Å². The van der Waals surface area contributed by atoms with Crippen LogP contribution in [-0.4, -0.2) is 21.4 Å². The molecule has 0 rings (SSSR count). The van der Waals surface area contributed by atoms with E-state index in [1.807, 2.05) is 6.92 Å². The second-order valence-electron chi connectivity index (χ2n) is 3.20. The van der Waals surface area contributed by atoms with E-state index in [0.29, 0.717) is 6.42 Å². The average Bonchev–Trinajstić information content (AvgIpc) is 1.95. The van der Waals surface area contributed by atoms with Gasteiger partial charge in [0.1, 0.15) is 0 Å². The third-order valence-corrected chi connectivity index (χ3v) is 1.97. The van der Waals surface area contributed by atoms with Crippen molar-refractivity contribution in [3.8, 4) is 0 Å². The fourth-order valence-corrected chi connectivity index (χ4v) is 1.21. The molecule has 0 aromatic carbocycles. The number of rotatable bonds is 7. The molecule has 0 bridgehead atoms. The Morgan fingerprint density at radius 3 is 2.33 bits per heavy atom. The van der Waals surface area contributed by atoms with Crippen molar-refractivity contribution in [2.24, 2.45) is 0 Å². The van der Waals surface area contributed by atoms with Crippen LogP contribution < -0.4 is 0 Å². The fourth-order valence-electron chi connectivity index (χ4n) is 1.07. The molecule has 0 radical (unpaired) electrons. The van der Waals surface area contributed by atoms with E-state index in [0.717, 1.165) is 32.1 Å². The molecule has 0 saturated heterocycles. The van der Waals surface area contributed by atoms with Crippen LogP contribution in [0.3, 0.4) is 0 Å². The van der Waals surface area contributed by atoms with Gasteiger partial charge in [0.25, 0.3) is 0 Å². The highest BCUT2D eigenvalue weighted by molar-refractivity contribution is 7.80. The van der Waals surface area contributed by atoms with Gasteiger partial charge in [-0.25, -0.2) is 0 Å². The topological polar surface area (TPSA) is 40.5 Å². The van der Waals surface area contributed by atoms with E-state index in [1.54, 1.807) is 0 Å². The van der Waals surface area contributed by atoms with Crippen molar-refractivity contribution in [1.82, 2.24) is 0 Å². The van der Waals surface area contributed by atoms with Crippen LogP contribution in [0.1, 0.15) is 45.4 Å². The monoisotopic (exact) mass is 190 g/mol. The molecule has 0 aliphatic carbocycles. The van der Waals surface area contributed by atoms with Crippen LogP contribution in [0.2, 0.25) is 0 Å². The van der Waals surface area contributed by atoms with Gasteiger partial charge in [0, 0.05) is 6.42 Å². The van der Waals surface area contributed by atoms with Crippen molar-refractivity contribution in [3.63, 3.8) is 0 Å². The Labute approximate surface area is 79.6 Å². The summed E-state index contributed by atoms with van der Waals surface area (Å²) in [4.78, 5) is 0. The quantitative estimate of drug-likeness (QED) is 0.479. The van der Waals surface area contributed by atoms with Crippen molar-refractivity contribution in [1.29, 1.82) is 0 Å². The van der Waals surface area contributed by atoms with E-state index in [-0.39, 0.29) is 11.2 Å². The van der Waals surface area contributed by atoms with Crippen LogP contribution in [0.15, 0.2) is 0 Å². The summed E-state index contributed by atoms with van der Waals surface area (Å²) >= 11 is 4.53. The maximum atomic E-state index is 8.94. The predicted molar refractivity (Wildman–Crippen MR) is 54.6 cm³/mol. The average molecular weight is 190 g/mol. The molecule has 0 amide bonds. The zero-order valence-electron chi connectivity index (χ0n) is 7.62. The zero-order valence-corrected chi connectivity index (χ0v) is 8.44. The van der Waals surface area contributed by atoms with E-state index >= 15 is 0 Å². The molecule has 0 aliphatic rings. The first-order chi connectivity index (χ1) is 5.63. The third kappa shape index (κ3) is 9.85. The Bertz CT molecular complexity index is 124. The number of aliphatic hydroxyl groups is 2. The molecule has 0 spiro atoms. The van der Waals surface area contributed by atoms with Gasteiger partial charge in [-0.1, -0.05) is 19.3 Å². The summed E-state index contributed by atoms with van der Waals surface area (Å²) in [5.41, 5.74) is 0. The summed E-state index contributed by atoms with van der Waals surface area (Å²) < 4.78 is 0. The number of hydrogen-bond donors (Lipinski definition) is 2. The van der Waals surface area contributed by atoms with Gasteiger partial charge in [0.15, 0.2) is 5.05 Å². The van der Waals surface area contributed by atoms with E-state index in [9.17, 15) is 0 Å². The van der Waals surface area contributed by atoms with Gasteiger partial charge >= 0.3 is 0 Å². The Morgan fingerprint density at radius 2 is 1.83 bits per heavy atom. The first kappa shape index (κ1) is 11.8. The molecule has 0 aliphatic heterocycles. The van der Waals surface area contributed by atoms with Gasteiger partial charge in [0.2, 0.25) is 0 Å². The lowest BCUT2D eigenvalue weighted by molar-refractivity contribution is 0.180. The van der Waals surface area contributed by atoms with Crippen LogP contribution in [0.5, 0.6) is 0 Å². The Kier molecular flexibility index (Phi) is 7.40. The lowest BCUT2D eigenvalue weighted by Gasteiger charge is -2.02. The molecule has 0 heterocycles. The smallest absolute Gasteiger partial charge is 0.156 e. The minimum Gasteiger partial charge on any atom is -0.502 e. The van der Waals surface area contributed by atoms with Crippen LogP contribution in [0.4, 0.5) is 0 Å². The normalized spacial score (nSPS) is 12.8. The molecule has 2 nitrogen and oxygen atoms in total. The molecule has 1 atom stereocenters. The van der Waals surface area contributed by atoms with Crippen molar-refractivity contribution in [2.75, 3.05) is 0 Å². The second kappa shape index (κ2) is 7.50. The molecule has 1 unspecified atom stereocenters. The summed E-state index contributed by atoms with van der Waals surface area (Å²) in [6, 6.07) is 0. The van der Waals surface area contributed by atoms with E-state index in [1.165, 1.54) is 0 Å². The molecule has 0 saturated carbocycles. The SMILES string of the molecule is CC(O)CCCCCCC(O)=S. The summed E-state index contributed by atoms with van der Waals surface area (Å²) in [5.74, 6) is 0. The van der Waals surface area contributed by atoms with Crippen molar-refractivity contribution in [2.45, 2.75) is 51.6 Å². The molecule has 12 heavy (non-hydrogen) atoms. The van der Waals surface area contributed by atoms with E-state index in [2.05, 4.69) is 12.2 Å². The number of aliphatic hydroxyl groups excluding tert-OH is 2. The standard InChI is InChI=1S/C9H18O2S/c1-8(10)6-4-2-3-5-7-9(11)12/h8,10H,2-7H2,1H3,(H,11,12). The highest BCUT2D eigenvalue weighted by atomic mass is 32.1. The number of hydrogen-bond acceptors (Lipinski definition) is 2. The lowest BCUT2D eigenvalue weighted by Crippen LogP contribution is -1.98. The van der Waals surface area contributed by atoms with Gasteiger partial charge < -0.3 is 10.2 Å². The Hall–Kier alpha value is -0.150. The first-order valence-electron chi connectivity index (χ1n) is 4.53. The molecule has 3 heteroatoms. The van der Waals surface area contributed by atoms with Crippen molar-refractivity contribution in [3.05, 3.63) is 0 Å². The summed E-state index contributed by atoms with van der Waals surface area (Å²) in [7, 11) is 0. The predicted octanol–water partition coefficient (Wildman–Crippen LogP) is 2.59. The Morgan fingerprint density at radius 1 is 1.25 bits per heavy atom. The van der Waals surface area contributed by atoms with Crippen LogP contribution in [0.25, 0.3) is 0 Å². The van der Waals surface area contributed by atoms with E-state index < -0.39 is 0 Å². The maximum Gasteiger partial charge on any atom is 0.156 e. The van der Waals surface area contributed by atoms with Crippen LogP contribution in [-0.2, 0) is 0 Å². The minimum absolute atomic E-state index is 0.116. The lowest BCUT2D eigenvalue weighted by atomic mass is 10.1.